The third-order valence-corrected chi connectivity index (χ3v) is 6.98. The molecule has 4 rings (SSSR count). The molecule has 8 heteroatoms. The second kappa shape index (κ2) is 11.3. The van der Waals surface area contributed by atoms with Crippen LogP contribution in [0.1, 0.15) is 77.0 Å². The third-order valence-electron chi connectivity index (χ3n) is 6.68. The zero-order valence-electron chi connectivity index (χ0n) is 22.0. The average molecular weight is 530 g/mol. The molecule has 2 fully saturated rings. The van der Waals surface area contributed by atoms with Crippen molar-refractivity contribution in [1.29, 1.82) is 0 Å². The minimum absolute atomic E-state index is 0.223. The minimum Gasteiger partial charge on any atom is -0.487 e. The van der Waals surface area contributed by atoms with Gasteiger partial charge in [-0.1, -0.05) is 54.4 Å². The first kappa shape index (κ1) is 27.3. The van der Waals surface area contributed by atoms with Gasteiger partial charge in [-0.25, -0.2) is 4.79 Å². The van der Waals surface area contributed by atoms with Gasteiger partial charge in [-0.2, -0.15) is 0 Å². The van der Waals surface area contributed by atoms with Crippen LogP contribution in [-0.4, -0.2) is 40.9 Å². The zero-order valence-corrected chi connectivity index (χ0v) is 22.8. The Labute approximate surface area is 224 Å². The number of esters is 1. The molecule has 1 amide bonds. The topological polar surface area (TPSA) is 74.3 Å². The number of benzene rings is 2. The number of hydrogen-bond donors (Lipinski definition) is 0. The van der Waals surface area contributed by atoms with E-state index in [0.717, 1.165) is 24.8 Å². The fourth-order valence-electron chi connectivity index (χ4n) is 5.11. The summed E-state index contributed by atoms with van der Waals surface area (Å²) in [6.07, 6.45) is 3.15. The molecular weight excluding hydrogens is 494 g/mol. The molecular formula is C29H36ClNO6. The number of carbonyl (C=O) groups excluding carboxylic acids is 2. The van der Waals surface area contributed by atoms with Crippen LogP contribution in [0.5, 0.6) is 5.75 Å². The first-order chi connectivity index (χ1) is 17.6. The maximum Gasteiger partial charge on any atom is 0.413 e. The first-order valence-electron chi connectivity index (χ1n) is 12.9. The Bertz CT molecular complexity index is 1090. The molecule has 0 unspecified atom stereocenters. The Balaban J connectivity index is 1.63. The fourth-order valence-corrected chi connectivity index (χ4v) is 5.35. The van der Waals surface area contributed by atoms with E-state index in [4.69, 9.17) is 30.5 Å². The molecule has 1 aliphatic heterocycles. The molecule has 2 aliphatic rings. The van der Waals surface area contributed by atoms with Crippen molar-refractivity contribution in [2.75, 3.05) is 6.61 Å². The van der Waals surface area contributed by atoms with Gasteiger partial charge in [0, 0.05) is 6.92 Å². The van der Waals surface area contributed by atoms with E-state index in [1.165, 1.54) is 6.92 Å². The lowest BCUT2D eigenvalue weighted by Gasteiger charge is -2.43. The molecule has 0 N–H and O–H groups in total. The summed E-state index contributed by atoms with van der Waals surface area (Å²) in [6.45, 7) is 7.46. The van der Waals surface area contributed by atoms with Gasteiger partial charge in [0.25, 0.3) is 0 Å². The number of nitrogens with zero attached hydrogens (tertiary/aromatic N) is 1. The molecule has 0 radical (unpaired) electrons. The molecule has 2 aromatic rings. The van der Waals surface area contributed by atoms with E-state index in [9.17, 15) is 9.59 Å². The van der Waals surface area contributed by atoms with Crippen molar-refractivity contribution < 1.29 is 28.5 Å². The summed E-state index contributed by atoms with van der Waals surface area (Å²) < 4.78 is 23.9. The lowest BCUT2D eigenvalue weighted by atomic mass is 9.89. The summed E-state index contributed by atoms with van der Waals surface area (Å²) in [5, 5.41) is 0.390. The Morgan fingerprint density at radius 1 is 1.11 bits per heavy atom. The third kappa shape index (κ3) is 6.57. The summed E-state index contributed by atoms with van der Waals surface area (Å²) in [6, 6.07) is 14.6. The molecule has 0 bridgehead atoms. The van der Waals surface area contributed by atoms with Crippen LogP contribution in [0, 0.1) is 0 Å². The normalized spacial score (nSPS) is 19.9. The SMILES string of the molecule is CC(=O)O[C@@H](c1ccc(OCc2ccccc2)c(Cl)c1)[C@@H]1COC2(CCCCC2)N1C(=O)OC(C)(C)C. The monoisotopic (exact) mass is 529 g/mol. The molecule has 2 aromatic carbocycles. The second-order valence-electron chi connectivity index (χ2n) is 10.7. The summed E-state index contributed by atoms with van der Waals surface area (Å²) in [4.78, 5) is 27.4. The van der Waals surface area contributed by atoms with Gasteiger partial charge in [0.2, 0.25) is 0 Å². The Morgan fingerprint density at radius 3 is 2.43 bits per heavy atom. The summed E-state index contributed by atoms with van der Waals surface area (Å²) in [7, 11) is 0. The maximum atomic E-state index is 13.5. The van der Waals surface area contributed by atoms with Crippen molar-refractivity contribution in [3.63, 3.8) is 0 Å². The van der Waals surface area contributed by atoms with Crippen molar-refractivity contribution in [2.45, 2.75) is 89.9 Å². The maximum absolute atomic E-state index is 13.5. The van der Waals surface area contributed by atoms with Crippen LogP contribution in [0.25, 0.3) is 0 Å². The Kier molecular flexibility index (Phi) is 8.34. The molecule has 7 nitrogen and oxygen atoms in total. The van der Waals surface area contributed by atoms with E-state index in [1.807, 2.05) is 57.2 Å². The van der Waals surface area contributed by atoms with E-state index in [0.29, 0.717) is 35.8 Å². The van der Waals surface area contributed by atoms with Crippen molar-refractivity contribution in [3.8, 4) is 5.75 Å². The molecule has 2 atom stereocenters. The number of carbonyl (C=O) groups is 2. The largest absolute Gasteiger partial charge is 0.487 e. The van der Waals surface area contributed by atoms with Gasteiger partial charge in [0.15, 0.2) is 0 Å². The van der Waals surface area contributed by atoms with Crippen molar-refractivity contribution in [2.24, 2.45) is 0 Å². The highest BCUT2D eigenvalue weighted by Crippen LogP contribution is 2.45. The Morgan fingerprint density at radius 2 is 1.81 bits per heavy atom. The lowest BCUT2D eigenvalue weighted by Crippen LogP contribution is -2.55. The number of amides is 1. The second-order valence-corrected chi connectivity index (χ2v) is 11.1. The number of ether oxygens (including phenoxy) is 4. The number of halogens is 1. The van der Waals surface area contributed by atoms with E-state index < -0.39 is 35.5 Å². The first-order valence-corrected chi connectivity index (χ1v) is 13.3. The van der Waals surface area contributed by atoms with E-state index >= 15 is 0 Å². The quantitative estimate of drug-likeness (QED) is 0.382. The summed E-state index contributed by atoms with van der Waals surface area (Å²) in [5.74, 6) is 0.0607. The van der Waals surface area contributed by atoms with Crippen LogP contribution in [0.4, 0.5) is 4.79 Å². The smallest absolute Gasteiger partial charge is 0.413 e. The van der Waals surface area contributed by atoms with Crippen LogP contribution in [0.3, 0.4) is 0 Å². The van der Waals surface area contributed by atoms with Gasteiger partial charge < -0.3 is 18.9 Å². The van der Waals surface area contributed by atoms with Crippen LogP contribution in [0.2, 0.25) is 5.02 Å². The molecule has 1 saturated heterocycles. The highest BCUT2D eigenvalue weighted by atomic mass is 35.5. The van der Waals surface area contributed by atoms with Crippen molar-refractivity contribution >= 4 is 23.7 Å². The van der Waals surface area contributed by atoms with E-state index in [2.05, 4.69) is 0 Å². The molecule has 200 valence electrons. The number of rotatable bonds is 6. The fraction of sp³-hybridized carbons (Fsp3) is 0.517. The van der Waals surface area contributed by atoms with Crippen LogP contribution < -0.4 is 4.74 Å². The summed E-state index contributed by atoms with van der Waals surface area (Å²) in [5.41, 5.74) is 0.223. The molecule has 37 heavy (non-hydrogen) atoms. The van der Waals surface area contributed by atoms with Gasteiger partial charge in [-0.3, -0.25) is 9.69 Å². The van der Waals surface area contributed by atoms with Gasteiger partial charge in [0.05, 0.1) is 11.6 Å². The van der Waals surface area contributed by atoms with Gasteiger partial charge in [-0.05, 0) is 69.7 Å². The molecule has 1 aliphatic carbocycles. The van der Waals surface area contributed by atoms with Crippen molar-refractivity contribution in [3.05, 3.63) is 64.7 Å². The Hall–Kier alpha value is -2.77. The van der Waals surface area contributed by atoms with Gasteiger partial charge in [-0.15, -0.1) is 0 Å². The van der Waals surface area contributed by atoms with Gasteiger partial charge in [0.1, 0.15) is 35.8 Å². The predicted molar refractivity (Wildman–Crippen MR) is 140 cm³/mol. The standard InChI is InChI=1S/C29H36ClNO6/c1-20(32)36-26(22-13-14-25(23(30)17-22)34-18-21-11-7-5-8-12-21)24-19-35-29(15-9-6-10-16-29)31(24)27(33)37-28(2,3)4/h5,7-8,11-14,17,24,26H,6,9-10,15-16,18-19H2,1-4H3/t24-,26-/m0/s1. The zero-order chi connectivity index (χ0) is 26.6. The predicted octanol–water partition coefficient (Wildman–Crippen LogP) is 6.82. The summed E-state index contributed by atoms with van der Waals surface area (Å²) >= 11 is 6.61. The van der Waals surface area contributed by atoms with E-state index in [-0.39, 0.29) is 6.61 Å². The molecule has 1 spiro atoms. The van der Waals surface area contributed by atoms with Crippen molar-refractivity contribution in [1.82, 2.24) is 4.90 Å². The molecule has 1 saturated carbocycles. The van der Waals surface area contributed by atoms with Crippen LogP contribution in [0.15, 0.2) is 48.5 Å². The minimum atomic E-state index is -0.785. The van der Waals surface area contributed by atoms with Gasteiger partial charge >= 0.3 is 12.1 Å². The number of hydrogen-bond acceptors (Lipinski definition) is 6. The highest BCUT2D eigenvalue weighted by Gasteiger charge is 2.55. The van der Waals surface area contributed by atoms with E-state index in [1.54, 1.807) is 17.0 Å². The lowest BCUT2D eigenvalue weighted by molar-refractivity contribution is -0.151. The highest BCUT2D eigenvalue weighted by molar-refractivity contribution is 6.32. The van der Waals surface area contributed by atoms with Crippen LogP contribution in [-0.2, 0) is 25.6 Å². The molecule has 1 heterocycles. The van der Waals surface area contributed by atoms with Crippen LogP contribution >= 0.6 is 11.6 Å². The molecule has 0 aromatic heterocycles. The average Bonchev–Trinajstić information content (AvgIpc) is 3.19.